The van der Waals surface area contributed by atoms with Crippen LogP contribution in [0.1, 0.15) is 335 Å². The number of allylic oxidation sites excluding steroid dienone is 23. The summed E-state index contributed by atoms with van der Waals surface area (Å²) in [5.41, 5.74) is 0. The molecule has 0 saturated carbocycles. The maximum absolute atomic E-state index is 13.4. The highest BCUT2D eigenvalue weighted by Gasteiger charge is 2.51. The molecule has 14 heteroatoms. The van der Waals surface area contributed by atoms with E-state index in [1.54, 1.807) is 6.08 Å². The summed E-state index contributed by atoms with van der Waals surface area (Å²) in [5.74, 6) is -0.257. The van der Waals surface area contributed by atoms with Gasteiger partial charge in [0, 0.05) is 6.42 Å². The van der Waals surface area contributed by atoms with Gasteiger partial charge in [0.25, 0.3) is 0 Å². The molecule has 2 heterocycles. The molecule has 12 atom stereocenters. The number of ether oxygens (including phenoxy) is 4. The largest absolute Gasteiger partial charge is 0.394 e. The zero-order valence-electron chi connectivity index (χ0n) is 66.9. The fraction of sp³-hybridized carbons (Fsp3) is 0.728. The third kappa shape index (κ3) is 55.3. The van der Waals surface area contributed by atoms with Crippen molar-refractivity contribution in [1.29, 1.82) is 0 Å². The highest BCUT2D eigenvalue weighted by molar-refractivity contribution is 5.76. The molecule has 2 fully saturated rings. The molecule has 2 saturated heterocycles. The van der Waals surface area contributed by atoms with Crippen LogP contribution in [0.15, 0.2) is 146 Å². The van der Waals surface area contributed by atoms with E-state index in [9.17, 15) is 45.6 Å². The van der Waals surface area contributed by atoms with Crippen LogP contribution in [0.5, 0.6) is 0 Å². The van der Waals surface area contributed by atoms with Crippen molar-refractivity contribution in [2.45, 2.75) is 408 Å². The van der Waals surface area contributed by atoms with Gasteiger partial charge in [-0.1, -0.05) is 359 Å². The number of nitrogens with one attached hydrogen (secondary N) is 1. The van der Waals surface area contributed by atoms with Crippen molar-refractivity contribution < 1.29 is 64.6 Å². The number of unbranched alkanes of at least 4 members (excludes halogenated alkanes) is 36. The molecular weight excluding hydrogens is 1330 g/mol. The van der Waals surface area contributed by atoms with Gasteiger partial charge in [-0.2, -0.15) is 0 Å². The van der Waals surface area contributed by atoms with E-state index in [2.05, 4.69) is 153 Å². The van der Waals surface area contributed by atoms with Crippen molar-refractivity contribution in [3.63, 3.8) is 0 Å². The average Bonchev–Trinajstić information content (AvgIpc) is 0.790. The normalized spacial score (nSPS) is 22.1. The fourth-order valence-electron chi connectivity index (χ4n) is 13.3. The van der Waals surface area contributed by atoms with E-state index in [4.69, 9.17) is 18.9 Å². The van der Waals surface area contributed by atoms with Gasteiger partial charge in [0.1, 0.15) is 48.8 Å². The molecule has 14 nitrogen and oxygen atoms in total. The Hall–Kier alpha value is -4.13. The lowest BCUT2D eigenvalue weighted by atomic mass is 9.97. The summed E-state index contributed by atoms with van der Waals surface area (Å²) in [4.78, 5) is 13.4. The Morgan fingerprint density at radius 2 is 0.660 bits per heavy atom. The van der Waals surface area contributed by atoms with Crippen LogP contribution in [0, 0.1) is 0 Å². The van der Waals surface area contributed by atoms with Gasteiger partial charge in [0.15, 0.2) is 12.6 Å². The van der Waals surface area contributed by atoms with Crippen LogP contribution >= 0.6 is 0 Å². The first-order valence-corrected chi connectivity index (χ1v) is 43.1. The first-order valence-electron chi connectivity index (χ1n) is 43.1. The van der Waals surface area contributed by atoms with E-state index in [1.807, 2.05) is 6.08 Å². The van der Waals surface area contributed by atoms with E-state index < -0.39 is 86.8 Å². The second kappa shape index (κ2) is 73.7. The van der Waals surface area contributed by atoms with Crippen LogP contribution in [0.25, 0.3) is 0 Å². The zero-order valence-corrected chi connectivity index (χ0v) is 66.9. The van der Waals surface area contributed by atoms with Crippen molar-refractivity contribution in [1.82, 2.24) is 5.32 Å². The quantitative estimate of drug-likeness (QED) is 0.0204. The highest BCUT2D eigenvalue weighted by Crippen LogP contribution is 2.30. The first-order chi connectivity index (χ1) is 52.1. The Morgan fingerprint density at radius 1 is 0.349 bits per heavy atom. The summed E-state index contributed by atoms with van der Waals surface area (Å²) in [6.45, 7) is 2.69. The van der Waals surface area contributed by atoms with Crippen LogP contribution in [0.4, 0.5) is 0 Å². The Balaban J connectivity index is 1.62. The number of aliphatic hydroxyl groups is 8. The smallest absolute Gasteiger partial charge is 0.220 e. The Kier molecular flexibility index (Phi) is 68.1. The lowest BCUT2D eigenvalue weighted by Crippen LogP contribution is -2.65. The van der Waals surface area contributed by atoms with E-state index >= 15 is 0 Å². The van der Waals surface area contributed by atoms with E-state index in [0.717, 1.165) is 109 Å². The molecular formula is C92H157NO13. The number of rotatable bonds is 71. The van der Waals surface area contributed by atoms with Gasteiger partial charge in [-0.05, 0) is 116 Å². The summed E-state index contributed by atoms with van der Waals surface area (Å²) < 4.78 is 22.9. The van der Waals surface area contributed by atoms with Crippen LogP contribution in [-0.4, -0.2) is 140 Å². The minimum atomic E-state index is -1.80. The predicted octanol–water partition coefficient (Wildman–Crippen LogP) is 20.7. The molecule has 0 aliphatic carbocycles. The molecule has 0 aromatic carbocycles. The van der Waals surface area contributed by atoms with Crippen molar-refractivity contribution >= 4 is 5.91 Å². The lowest BCUT2D eigenvalue weighted by molar-refractivity contribution is -0.359. The summed E-state index contributed by atoms with van der Waals surface area (Å²) in [6, 6.07) is -0.950. The summed E-state index contributed by atoms with van der Waals surface area (Å²) in [6.07, 6.45) is 95.1. The van der Waals surface area contributed by atoms with E-state index in [-0.39, 0.29) is 18.9 Å². The van der Waals surface area contributed by atoms with Crippen molar-refractivity contribution in [3.05, 3.63) is 146 Å². The average molecular weight is 1490 g/mol. The Labute approximate surface area is 646 Å². The van der Waals surface area contributed by atoms with Crippen LogP contribution in [0.2, 0.25) is 0 Å². The lowest BCUT2D eigenvalue weighted by Gasteiger charge is -2.46. The number of hydrogen-bond donors (Lipinski definition) is 9. The Bertz CT molecular complexity index is 2350. The summed E-state index contributed by atoms with van der Waals surface area (Å²) in [5, 5.41) is 87.8. The van der Waals surface area contributed by atoms with Gasteiger partial charge in [-0.15, -0.1) is 0 Å². The molecule has 106 heavy (non-hydrogen) atoms. The molecule has 0 aromatic rings. The number of carbonyl (C=O) groups is 1. The standard InChI is InChI=1S/C92H157NO13/c1-3-5-7-9-11-13-15-17-19-21-23-25-27-29-31-33-35-36-37-38-39-40-41-42-43-44-46-48-50-52-54-56-58-60-62-64-66-68-70-72-74-76-84(97)93-80(79-103-91-89(102)87(100)90(83(78-95)105-91)106-92-88(101)86(99)85(98)82(77-94)104-92)81(96)75-73-71-69-67-65-63-61-59-57-55-53-51-49-47-45-34-32-30-28-26-24-22-20-18-16-14-12-10-8-6-4-2/h5,7,11,13,17,19,23,25,29,31,35-36,38-39,41-42,44,46,57,59,65,67,73,75,80-83,85-92,94-96,98-102H,3-4,6,8-10,12,14-16,18,20-22,24,26-28,30,32-34,37,40,43,45,47-56,58,60-64,66,68-72,74,76-79H2,1-2H3,(H,93,97)/b7-5-,13-11-,19-17-,25-23-,31-29-,36-35-,39-38-,42-41-,46-44-,59-57+,67-65+,75-73+. The number of aliphatic hydroxyl groups excluding tert-OH is 8. The van der Waals surface area contributed by atoms with E-state index in [0.29, 0.717) is 12.8 Å². The first kappa shape index (κ1) is 97.9. The fourth-order valence-corrected chi connectivity index (χ4v) is 13.3. The molecule has 0 radical (unpaired) electrons. The second-order valence-electron chi connectivity index (χ2n) is 29.6. The van der Waals surface area contributed by atoms with Crippen molar-refractivity contribution in [2.75, 3.05) is 19.8 Å². The minimum absolute atomic E-state index is 0.257. The number of hydrogen-bond acceptors (Lipinski definition) is 13. The molecule has 0 spiro atoms. The summed E-state index contributed by atoms with van der Waals surface area (Å²) >= 11 is 0. The molecule has 0 bridgehead atoms. The van der Waals surface area contributed by atoms with Gasteiger partial charge in [-0.3, -0.25) is 4.79 Å². The van der Waals surface area contributed by atoms with Crippen LogP contribution in [-0.2, 0) is 23.7 Å². The third-order valence-corrected chi connectivity index (χ3v) is 20.0. The monoisotopic (exact) mass is 1480 g/mol. The third-order valence-electron chi connectivity index (χ3n) is 20.0. The molecule has 608 valence electrons. The maximum atomic E-state index is 13.4. The van der Waals surface area contributed by atoms with Gasteiger partial charge in [0.05, 0.1) is 32.0 Å². The van der Waals surface area contributed by atoms with Crippen LogP contribution < -0.4 is 5.32 Å². The highest BCUT2D eigenvalue weighted by atomic mass is 16.7. The molecule has 1 amide bonds. The zero-order chi connectivity index (χ0) is 76.5. The maximum Gasteiger partial charge on any atom is 0.220 e. The van der Waals surface area contributed by atoms with E-state index in [1.165, 1.54) is 193 Å². The minimum Gasteiger partial charge on any atom is -0.394 e. The van der Waals surface area contributed by atoms with Crippen molar-refractivity contribution in [3.8, 4) is 0 Å². The SMILES string of the molecule is CC/C=C\C/C=C\C/C=C\C/C=C\C/C=C\C/C=C\C/C=C\C/C=C\C/C=C\CCCCCCCCCCCCCCCC(=O)NC(COC1OC(CO)C(OC2OC(CO)C(O)C(O)C2O)C(O)C1O)C(O)/C=C/CC/C=C/CC/C=C/CCCCCCCCCCCCCCCCCCCCCCC. The molecule has 2 aliphatic rings. The van der Waals surface area contributed by atoms with Gasteiger partial charge in [-0.25, -0.2) is 0 Å². The summed E-state index contributed by atoms with van der Waals surface area (Å²) in [7, 11) is 0. The van der Waals surface area contributed by atoms with Crippen molar-refractivity contribution in [2.24, 2.45) is 0 Å². The number of amides is 1. The topological polar surface area (TPSA) is 228 Å². The Morgan fingerprint density at radius 3 is 1.04 bits per heavy atom. The van der Waals surface area contributed by atoms with Crippen LogP contribution in [0.3, 0.4) is 0 Å². The molecule has 12 unspecified atom stereocenters. The predicted molar refractivity (Wildman–Crippen MR) is 442 cm³/mol. The molecule has 2 rings (SSSR count). The second-order valence-corrected chi connectivity index (χ2v) is 29.6. The number of carbonyl (C=O) groups excluding carboxylic acids is 1. The van der Waals surface area contributed by atoms with Gasteiger partial charge in [0.2, 0.25) is 5.91 Å². The molecule has 2 aliphatic heterocycles. The van der Waals surface area contributed by atoms with Gasteiger partial charge < -0.3 is 65.1 Å². The molecule has 0 aromatic heterocycles. The van der Waals surface area contributed by atoms with Gasteiger partial charge >= 0.3 is 0 Å². The molecule has 9 N–H and O–H groups in total.